The van der Waals surface area contributed by atoms with E-state index in [2.05, 4.69) is 24.0 Å². The molecule has 0 aromatic carbocycles. The molecule has 0 aromatic rings. The molecule has 0 amide bonds. The zero-order valence-electron chi connectivity index (χ0n) is 7.61. The minimum atomic E-state index is 0.586. The van der Waals surface area contributed by atoms with E-state index in [0.29, 0.717) is 6.04 Å². The van der Waals surface area contributed by atoms with Gasteiger partial charge in [0.25, 0.3) is 0 Å². The lowest BCUT2D eigenvalue weighted by Gasteiger charge is -2.30. The molecule has 0 radical (unpaired) electrons. The van der Waals surface area contributed by atoms with E-state index >= 15 is 0 Å². The van der Waals surface area contributed by atoms with Crippen LogP contribution in [-0.2, 0) is 0 Å². The third kappa shape index (κ3) is 2.29. The molecule has 2 nitrogen and oxygen atoms in total. The molecule has 1 N–H and O–H groups in total. The highest BCUT2D eigenvalue weighted by Crippen LogP contribution is 2.17. The normalized spacial score (nSPS) is 23.2. The van der Waals surface area contributed by atoms with Crippen LogP contribution in [0, 0.1) is 0 Å². The molecule has 0 heterocycles. The van der Waals surface area contributed by atoms with Gasteiger partial charge in [0.1, 0.15) is 0 Å². The molecule has 1 aliphatic rings. The lowest BCUT2D eigenvalue weighted by atomic mass is 10.0. The van der Waals surface area contributed by atoms with E-state index in [9.17, 15) is 0 Å². The molecule has 1 aliphatic carbocycles. The van der Waals surface area contributed by atoms with Crippen LogP contribution in [0.5, 0.6) is 0 Å². The molecule has 1 atom stereocenters. The molecular formula is C10H17NO. The van der Waals surface area contributed by atoms with Gasteiger partial charge in [0, 0.05) is 18.8 Å². The van der Waals surface area contributed by atoms with Crippen molar-refractivity contribution in [2.75, 3.05) is 6.54 Å². The molecule has 0 aliphatic heterocycles. The summed E-state index contributed by atoms with van der Waals surface area (Å²) in [5.74, 6) is 0. The standard InChI is InChI=1S/C10H17NO/c1-2-11(8-9-12)10-6-4-3-5-7-10/h3-4,8-10,12H,2,5-7H2,1H3/b9-8-. The first-order valence-corrected chi connectivity index (χ1v) is 4.60. The van der Waals surface area contributed by atoms with Gasteiger partial charge in [-0.3, -0.25) is 0 Å². The Morgan fingerprint density at radius 2 is 2.42 bits per heavy atom. The Labute approximate surface area is 74.2 Å². The molecule has 1 rings (SSSR count). The molecule has 0 aromatic heterocycles. The van der Waals surface area contributed by atoms with Crippen LogP contribution in [-0.4, -0.2) is 22.6 Å². The lowest BCUT2D eigenvalue weighted by Crippen LogP contribution is -2.31. The fourth-order valence-corrected chi connectivity index (χ4v) is 1.65. The van der Waals surface area contributed by atoms with Gasteiger partial charge >= 0.3 is 0 Å². The highest BCUT2D eigenvalue weighted by molar-refractivity contribution is 4.95. The van der Waals surface area contributed by atoms with E-state index in [0.717, 1.165) is 19.2 Å². The van der Waals surface area contributed by atoms with E-state index in [4.69, 9.17) is 5.11 Å². The van der Waals surface area contributed by atoms with E-state index < -0.39 is 0 Å². The first kappa shape index (κ1) is 9.17. The fraction of sp³-hybridized carbons (Fsp3) is 0.600. The average Bonchev–Trinajstić information content (AvgIpc) is 2.15. The first-order chi connectivity index (χ1) is 5.88. The van der Waals surface area contributed by atoms with Crippen molar-refractivity contribution in [1.29, 1.82) is 0 Å². The van der Waals surface area contributed by atoms with Gasteiger partial charge in [-0.05, 0) is 26.2 Å². The molecule has 68 valence electrons. The lowest BCUT2D eigenvalue weighted by molar-refractivity contribution is 0.263. The van der Waals surface area contributed by atoms with Crippen LogP contribution < -0.4 is 0 Å². The summed E-state index contributed by atoms with van der Waals surface area (Å²) in [7, 11) is 0. The van der Waals surface area contributed by atoms with E-state index in [1.807, 2.05) is 0 Å². The summed E-state index contributed by atoms with van der Waals surface area (Å²) in [5, 5.41) is 8.66. The van der Waals surface area contributed by atoms with E-state index in [1.54, 1.807) is 6.20 Å². The minimum absolute atomic E-state index is 0.586. The summed E-state index contributed by atoms with van der Waals surface area (Å²) >= 11 is 0. The van der Waals surface area contributed by atoms with Crippen LogP contribution in [0.1, 0.15) is 26.2 Å². The third-order valence-electron chi connectivity index (χ3n) is 2.33. The largest absolute Gasteiger partial charge is 0.514 e. The first-order valence-electron chi connectivity index (χ1n) is 4.60. The topological polar surface area (TPSA) is 23.5 Å². The summed E-state index contributed by atoms with van der Waals surface area (Å²) in [5.41, 5.74) is 0. The predicted molar refractivity (Wildman–Crippen MR) is 50.9 cm³/mol. The Hall–Kier alpha value is -0.920. The van der Waals surface area contributed by atoms with Gasteiger partial charge in [0.2, 0.25) is 0 Å². The zero-order valence-corrected chi connectivity index (χ0v) is 7.61. The van der Waals surface area contributed by atoms with Crippen LogP contribution in [0.3, 0.4) is 0 Å². The molecular weight excluding hydrogens is 150 g/mol. The van der Waals surface area contributed by atoms with Gasteiger partial charge in [-0.15, -0.1) is 0 Å². The number of nitrogens with zero attached hydrogens (tertiary/aromatic N) is 1. The van der Waals surface area contributed by atoms with Crippen molar-refractivity contribution in [3.8, 4) is 0 Å². The number of hydrogen-bond acceptors (Lipinski definition) is 2. The van der Waals surface area contributed by atoms with Crippen LogP contribution >= 0.6 is 0 Å². The molecule has 12 heavy (non-hydrogen) atoms. The van der Waals surface area contributed by atoms with Crippen molar-refractivity contribution in [2.45, 2.75) is 32.2 Å². The van der Waals surface area contributed by atoms with Crippen molar-refractivity contribution in [3.05, 3.63) is 24.6 Å². The second-order valence-corrected chi connectivity index (χ2v) is 3.07. The maximum atomic E-state index is 8.66. The van der Waals surface area contributed by atoms with E-state index in [1.165, 1.54) is 12.8 Å². The number of allylic oxidation sites excluding steroid dienone is 1. The van der Waals surface area contributed by atoms with Gasteiger partial charge in [0.15, 0.2) is 0 Å². The SMILES string of the molecule is CCN(/C=C\O)C1CC=CCC1. The summed E-state index contributed by atoms with van der Waals surface area (Å²) in [6, 6.07) is 0.586. The summed E-state index contributed by atoms with van der Waals surface area (Å²) in [6.45, 7) is 3.08. The quantitative estimate of drug-likeness (QED) is 0.515. The third-order valence-corrected chi connectivity index (χ3v) is 2.33. The van der Waals surface area contributed by atoms with Crippen LogP contribution in [0.15, 0.2) is 24.6 Å². The predicted octanol–water partition coefficient (Wildman–Crippen LogP) is 2.45. The average molecular weight is 167 g/mol. The van der Waals surface area contributed by atoms with Gasteiger partial charge in [-0.25, -0.2) is 0 Å². The highest BCUT2D eigenvalue weighted by atomic mass is 16.2. The van der Waals surface area contributed by atoms with Gasteiger partial charge < -0.3 is 10.0 Å². The zero-order chi connectivity index (χ0) is 8.81. The smallest absolute Gasteiger partial charge is 0.0950 e. The van der Waals surface area contributed by atoms with Crippen molar-refractivity contribution < 1.29 is 5.11 Å². The molecule has 1 unspecified atom stereocenters. The summed E-state index contributed by atoms with van der Waals surface area (Å²) in [4.78, 5) is 2.18. The molecule has 2 heteroatoms. The number of aliphatic hydroxyl groups is 1. The Morgan fingerprint density at radius 1 is 1.58 bits per heavy atom. The van der Waals surface area contributed by atoms with Crippen molar-refractivity contribution in [2.24, 2.45) is 0 Å². The van der Waals surface area contributed by atoms with Gasteiger partial charge in [0.05, 0.1) is 6.26 Å². The highest BCUT2D eigenvalue weighted by Gasteiger charge is 2.13. The Kier molecular flexibility index (Phi) is 3.71. The number of hydrogen-bond donors (Lipinski definition) is 1. The monoisotopic (exact) mass is 167 g/mol. The Balaban J connectivity index is 2.47. The maximum Gasteiger partial charge on any atom is 0.0950 e. The van der Waals surface area contributed by atoms with Gasteiger partial charge in [-0.2, -0.15) is 0 Å². The molecule has 0 spiro atoms. The molecule has 0 saturated heterocycles. The maximum absolute atomic E-state index is 8.66. The van der Waals surface area contributed by atoms with Crippen LogP contribution in [0.2, 0.25) is 0 Å². The van der Waals surface area contributed by atoms with E-state index in [-0.39, 0.29) is 0 Å². The second kappa shape index (κ2) is 4.86. The minimum Gasteiger partial charge on any atom is -0.514 e. The Morgan fingerprint density at radius 3 is 2.92 bits per heavy atom. The summed E-state index contributed by atoms with van der Waals surface area (Å²) in [6.07, 6.45) is 10.8. The Bertz CT molecular complexity index is 175. The van der Waals surface area contributed by atoms with Gasteiger partial charge in [-0.1, -0.05) is 12.2 Å². The van der Waals surface area contributed by atoms with Crippen LogP contribution in [0.4, 0.5) is 0 Å². The molecule has 0 saturated carbocycles. The molecule has 0 bridgehead atoms. The molecule has 0 fully saturated rings. The van der Waals surface area contributed by atoms with Crippen LogP contribution in [0.25, 0.3) is 0 Å². The summed E-state index contributed by atoms with van der Waals surface area (Å²) < 4.78 is 0. The van der Waals surface area contributed by atoms with Crippen molar-refractivity contribution in [3.63, 3.8) is 0 Å². The van der Waals surface area contributed by atoms with Crippen molar-refractivity contribution in [1.82, 2.24) is 4.90 Å². The van der Waals surface area contributed by atoms with Crippen molar-refractivity contribution >= 4 is 0 Å². The number of aliphatic hydroxyl groups excluding tert-OH is 1. The fourth-order valence-electron chi connectivity index (χ4n) is 1.65. The number of rotatable bonds is 3. The second-order valence-electron chi connectivity index (χ2n) is 3.07.